The van der Waals surface area contributed by atoms with E-state index in [-0.39, 0.29) is 5.69 Å². The van der Waals surface area contributed by atoms with Crippen molar-refractivity contribution < 1.29 is 15.0 Å². The van der Waals surface area contributed by atoms with E-state index in [4.69, 9.17) is 16.7 Å². The lowest BCUT2D eigenvalue weighted by Gasteiger charge is -1.96. The van der Waals surface area contributed by atoms with Crippen LogP contribution in [0.4, 0.5) is 0 Å². The summed E-state index contributed by atoms with van der Waals surface area (Å²) in [5.74, 6) is -1.77. The van der Waals surface area contributed by atoms with Gasteiger partial charge < -0.3 is 10.2 Å². The molecule has 14 heavy (non-hydrogen) atoms. The maximum atomic E-state index is 10.7. The Morgan fingerprint density at radius 1 is 1.50 bits per heavy atom. The number of halogens is 1. The molecule has 5 nitrogen and oxygen atoms in total. The number of hydrogen-bond donors (Lipinski definition) is 2. The van der Waals surface area contributed by atoms with Gasteiger partial charge in [0.2, 0.25) is 5.88 Å². The quantitative estimate of drug-likeness (QED) is 0.749. The molecule has 0 unspecified atom stereocenters. The fourth-order valence-corrected chi connectivity index (χ4v) is 1.37. The SMILES string of the molecule is O=C(O)c1c(O)nc2ccc(Cl)cn12. The zero-order valence-corrected chi connectivity index (χ0v) is 7.56. The van der Waals surface area contributed by atoms with Gasteiger partial charge in [-0.05, 0) is 12.1 Å². The Kier molecular flexibility index (Phi) is 1.82. The average molecular weight is 213 g/mol. The minimum atomic E-state index is -1.25. The summed E-state index contributed by atoms with van der Waals surface area (Å²) >= 11 is 5.68. The van der Waals surface area contributed by atoms with Crippen molar-refractivity contribution in [2.75, 3.05) is 0 Å². The first-order chi connectivity index (χ1) is 6.59. The summed E-state index contributed by atoms with van der Waals surface area (Å²) in [7, 11) is 0. The van der Waals surface area contributed by atoms with Gasteiger partial charge in [0.05, 0.1) is 5.02 Å². The van der Waals surface area contributed by atoms with Crippen molar-refractivity contribution in [1.29, 1.82) is 0 Å². The normalized spacial score (nSPS) is 10.6. The summed E-state index contributed by atoms with van der Waals surface area (Å²) in [5.41, 5.74) is 0.0480. The van der Waals surface area contributed by atoms with Crippen molar-refractivity contribution in [3.05, 3.63) is 29.0 Å². The van der Waals surface area contributed by atoms with Gasteiger partial charge in [0.25, 0.3) is 0 Å². The number of hydrogen-bond acceptors (Lipinski definition) is 3. The molecule has 72 valence electrons. The smallest absolute Gasteiger partial charge is 0.358 e. The van der Waals surface area contributed by atoms with E-state index in [2.05, 4.69) is 4.98 Å². The number of carboxylic acid groups (broad SMARTS) is 1. The Morgan fingerprint density at radius 2 is 2.21 bits per heavy atom. The van der Waals surface area contributed by atoms with E-state index in [0.29, 0.717) is 10.7 Å². The number of imidazole rings is 1. The molecule has 0 aliphatic carbocycles. The summed E-state index contributed by atoms with van der Waals surface area (Å²) in [5, 5.41) is 18.4. The maximum Gasteiger partial charge on any atom is 0.358 e. The van der Waals surface area contributed by atoms with Crippen molar-refractivity contribution >= 4 is 23.2 Å². The lowest BCUT2D eigenvalue weighted by molar-refractivity contribution is 0.0686. The first kappa shape index (κ1) is 8.83. The topological polar surface area (TPSA) is 74.8 Å². The highest BCUT2D eigenvalue weighted by molar-refractivity contribution is 6.30. The van der Waals surface area contributed by atoms with Crippen LogP contribution in [0.5, 0.6) is 5.88 Å². The van der Waals surface area contributed by atoms with Gasteiger partial charge in [-0.25, -0.2) is 4.79 Å². The molecule has 0 radical (unpaired) electrons. The summed E-state index contributed by atoms with van der Waals surface area (Å²) in [6.45, 7) is 0. The molecule has 0 saturated heterocycles. The van der Waals surface area contributed by atoms with Crippen molar-refractivity contribution in [2.24, 2.45) is 0 Å². The molecule has 6 heteroatoms. The lowest BCUT2D eigenvalue weighted by atomic mass is 10.4. The van der Waals surface area contributed by atoms with Gasteiger partial charge in [-0.3, -0.25) is 4.40 Å². The van der Waals surface area contributed by atoms with Crippen LogP contribution in [0.3, 0.4) is 0 Å². The van der Waals surface area contributed by atoms with Crippen LogP contribution in [0.25, 0.3) is 5.65 Å². The zero-order chi connectivity index (χ0) is 10.3. The van der Waals surface area contributed by atoms with Gasteiger partial charge >= 0.3 is 5.97 Å². The summed E-state index contributed by atoms with van der Waals surface area (Å²) in [6.07, 6.45) is 1.38. The predicted molar refractivity (Wildman–Crippen MR) is 48.8 cm³/mol. The number of aromatic carboxylic acids is 1. The van der Waals surface area contributed by atoms with E-state index >= 15 is 0 Å². The van der Waals surface area contributed by atoms with Gasteiger partial charge in [0, 0.05) is 6.20 Å². The molecule has 2 rings (SSSR count). The summed E-state index contributed by atoms with van der Waals surface area (Å²) in [4.78, 5) is 14.4. The number of pyridine rings is 1. The molecule has 0 bridgehead atoms. The molecule has 0 aromatic carbocycles. The highest BCUT2D eigenvalue weighted by atomic mass is 35.5. The van der Waals surface area contributed by atoms with Crippen molar-refractivity contribution in [1.82, 2.24) is 9.38 Å². The van der Waals surface area contributed by atoms with Crippen LogP contribution in [-0.4, -0.2) is 25.6 Å². The highest BCUT2D eigenvalue weighted by Crippen LogP contribution is 2.20. The minimum Gasteiger partial charge on any atom is -0.492 e. The van der Waals surface area contributed by atoms with Crippen LogP contribution in [0.2, 0.25) is 5.02 Å². The first-order valence-electron chi connectivity index (χ1n) is 3.69. The molecule has 2 heterocycles. The van der Waals surface area contributed by atoms with Crippen LogP contribution in [0, 0.1) is 0 Å². The number of aromatic nitrogens is 2. The van der Waals surface area contributed by atoms with Gasteiger partial charge in [0.1, 0.15) is 5.65 Å². The van der Waals surface area contributed by atoms with Crippen LogP contribution < -0.4 is 0 Å². The number of aromatic hydroxyl groups is 1. The Morgan fingerprint density at radius 3 is 2.86 bits per heavy atom. The second-order valence-electron chi connectivity index (χ2n) is 2.66. The minimum absolute atomic E-state index is 0.289. The number of carboxylic acids is 1. The third-order valence-corrected chi connectivity index (χ3v) is 1.99. The molecule has 0 spiro atoms. The Bertz CT molecular complexity index is 521. The van der Waals surface area contributed by atoms with Crippen LogP contribution in [0.1, 0.15) is 10.5 Å². The van der Waals surface area contributed by atoms with Crippen LogP contribution >= 0.6 is 11.6 Å². The number of rotatable bonds is 1. The van der Waals surface area contributed by atoms with Crippen molar-refractivity contribution in [3.63, 3.8) is 0 Å². The molecule has 0 aliphatic heterocycles. The molecule has 0 amide bonds. The van der Waals surface area contributed by atoms with Crippen LogP contribution in [0.15, 0.2) is 18.3 Å². The van der Waals surface area contributed by atoms with E-state index in [1.807, 2.05) is 0 Å². The molecular weight excluding hydrogens is 208 g/mol. The fourth-order valence-electron chi connectivity index (χ4n) is 1.21. The molecule has 0 fully saturated rings. The van der Waals surface area contributed by atoms with Gasteiger partial charge in [-0.2, -0.15) is 4.98 Å². The fraction of sp³-hybridized carbons (Fsp3) is 0. The van der Waals surface area contributed by atoms with Crippen molar-refractivity contribution in [3.8, 4) is 5.88 Å². The molecule has 0 atom stereocenters. The largest absolute Gasteiger partial charge is 0.492 e. The first-order valence-corrected chi connectivity index (χ1v) is 4.07. The average Bonchev–Trinajstić information content (AvgIpc) is 2.40. The summed E-state index contributed by atoms with van der Waals surface area (Å²) in [6, 6.07) is 3.09. The number of nitrogens with zero attached hydrogens (tertiary/aromatic N) is 2. The van der Waals surface area contributed by atoms with E-state index in [0.717, 1.165) is 0 Å². The molecule has 2 N–H and O–H groups in total. The lowest BCUT2D eigenvalue weighted by Crippen LogP contribution is -2.01. The molecule has 2 aromatic rings. The third-order valence-electron chi connectivity index (χ3n) is 1.77. The predicted octanol–water partition coefficient (Wildman–Crippen LogP) is 1.39. The number of carbonyl (C=O) groups is 1. The maximum absolute atomic E-state index is 10.7. The van der Waals surface area contributed by atoms with Crippen molar-refractivity contribution in [2.45, 2.75) is 0 Å². The van der Waals surface area contributed by atoms with E-state index in [9.17, 15) is 9.90 Å². The van der Waals surface area contributed by atoms with Crippen LogP contribution in [-0.2, 0) is 0 Å². The van der Waals surface area contributed by atoms with Gasteiger partial charge in [-0.1, -0.05) is 11.6 Å². The zero-order valence-electron chi connectivity index (χ0n) is 6.81. The molecule has 0 saturated carbocycles. The monoisotopic (exact) mass is 212 g/mol. The Hall–Kier alpha value is -1.75. The molecule has 0 aliphatic rings. The Balaban J connectivity index is 2.86. The van der Waals surface area contributed by atoms with E-state index in [1.54, 1.807) is 6.07 Å². The standard InChI is InChI=1S/C8H5ClN2O3/c9-4-1-2-5-10-7(12)6(8(13)14)11(5)3-4/h1-3,12H,(H,13,14). The number of fused-ring (bicyclic) bond motifs is 1. The third kappa shape index (κ3) is 1.18. The second-order valence-corrected chi connectivity index (χ2v) is 3.10. The molecule has 2 aromatic heterocycles. The Labute approximate surface area is 83.2 Å². The van der Waals surface area contributed by atoms with E-state index in [1.165, 1.54) is 16.7 Å². The van der Waals surface area contributed by atoms with E-state index < -0.39 is 11.8 Å². The van der Waals surface area contributed by atoms with Gasteiger partial charge in [0.15, 0.2) is 5.69 Å². The molecular formula is C8H5ClN2O3. The van der Waals surface area contributed by atoms with Gasteiger partial charge in [-0.15, -0.1) is 0 Å². The second kappa shape index (κ2) is 2.88. The summed E-state index contributed by atoms with van der Waals surface area (Å²) < 4.78 is 1.22. The highest BCUT2D eigenvalue weighted by Gasteiger charge is 2.17.